The Kier molecular flexibility index (Phi) is 8.08. The molecule has 0 bridgehead atoms. The van der Waals surface area contributed by atoms with E-state index in [1.54, 1.807) is 0 Å². The minimum atomic E-state index is -0.113. The van der Waals surface area contributed by atoms with Gasteiger partial charge in [-0.1, -0.05) is 118 Å². The van der Waals surface area contributed by atoms with Gasteiger partial charge in [0.05, 0.1) is 5.54 Å². The lowest BCUT2D eigenvalue weighted by atomic mass is 9.85. The second-order valence-corrected chi connectivity index (χ2v) is 10.0. The van der Waals surface area contributed by atoms with Crippen LogP contribution in [0, 0.1) is 0 Å². The molecule has 0 fully saturated rings. The average Bonchev–Trinajstić information content (AvgIpc) is 2.93. The van der Waals surface area contributed by atoms with E-state index in [1.165, 1.54) is 34.2 Å². The van der Waals surface area contributed by atoms with Crippen LogP contribution in [0.25, 0.3) is 0 Å². The van der Waals surface area contributed by atoms with Crippen molar-refractivity contribution in [1.29, 1.82) is 0 Å². The van der Waals surface area contributed by atoms with E-state index in [2.05, 4.69) is 142 Å². The van der Waals surface area contributed by atoms with Gasteiger partial charge in [0.2, 0.25) is 0 Å². The van der Waals surface area contributed by atoms with Gasteiger partial charge in [-0.05, 0) is 72.1 Å². The van der Waals surface area contributed by atoms with Crippen LogP contribution in [0.15, 0.2) is 109 Å². The third kappa shape index (κ3) is 6.03. The van der Waals surface area contributed by atoms with Gasteiger partial charge in [0.1, 0.15) is 0 Å². The van der Waals surface area contributed by atoms with Crippen molar-refractivity contribution in [3.63, 3.8) is 0 Å². The van der Waals surface area contributed by atoms with E-state index in [4.69, 9.17) is 0 Å². The first-order valence-corrected chi connectivity index (χ1v) is 13.1. The van der Waals surface area contributed by atoms with Crippen LogP contribution in [0.1, 0.15) is 80.2 Å². The molecule has 0 saturated heterocycles. The van der Waals surface area contributed by atoms with Gasteiger partial charge in [-0.3, -0.25) is 0 Å². The Morgan fingerprint density at radius 2 is 1.20 bits per heavy atom. The summed E-state index contributed by atoms with van der Waals surface area (Å²) in [5, 5.41) is 3.84. The molecule has 4 aromatic rings. The topological polar surface area (TPSA) is 12.0 Å². The number of nitrogens with one attached hydrogen (secondary N) is 1. The molecule has 0 aliphatic rings. The molecule has 1 heteroatoms. The molecule has 0 radical (unpaired) electrons. The molecule has 0 spiro atoms. The predicted molar refractivity (Wildman–Crippen MR) is 151 cm³/mol. The van der Waals surface area contributed by atoms with Gasteiger partial charge in [-0.2, -0.15) is 0 Å². The Labute approximate surface area is 212 Å². The fourth-order valence-electron chi connectivity index (χ4n) is 4.86. The highest BCUT2D eigenvalue weighted by Crippen LogP contribution is 2.33. The van der Waals surface area contributed by atoms with Gasteiger partial charge in [0, 0.05) is 11.6 Å². The molecule has 0 amide bonds. The molecule has 4 aromatic carbocycles. The lowest BCUT2D eigenvalue weighted by Crippen LogP contribution is -2.31. The standard InChI is InChI=1S/C34H39N/c1-5-26(3)28-17-21-31(22-18-28)34(4,6-2)35-32-23-19-30(20-24-32)33(29-15-11-8-12-16-29)25-27-13-9-7-10-14-27/h7-24,26,33,35H,5-6,25H2,1-4H3. The van der Waals surface area contributed by atoms with E-state index >= 15 is 0 Å². The van der Waals surface area contributed by atoms with Crippen molar-refractivity contribution in [3.8, 4) is 0 Å². The van der Waals surface area contributed by atoms with Crippen LogP contribution in [-0.4, -0.2) is 0 Å². The number of hydrogen-bond acceptors (Lipinski definition) is 1. The minimum Gasteiger partial charge on any atom is -0.376 e. The van der Waals surface area contributed by atoms with E-state index in [-0.39, 0.29) is 5.54 Å². The third-order valence-electron chi connectivity index (χ3n) is 7.65. The summed E-state index contributed by atoms with van der Waals surface area (Å²) in [4.78, 5) is 0. The molecule has 35 heavy (non-hydrogen) atoms. The van der Waals surface area contributed by atoms with Crippen molar-refractivity contribution >= 4 is 5.69 Å². The van der Waals surface area contributed by atoms with Crippen LogP contribution >= 0.6 is 0 Å². The zero-order chi connectivity index (χ0) is 24.7. The summed E-state index contributed by atoms with van der Waals surface area (Å²) in [5.74, 6) is 0.934. The molecule has 3 unspecified atom stereocenters. The highest BCUT2D eigenvalue weighted by Gasteiger charge is 2.25. The minimum absolute atomic E-state index is 0.113. The molecule has 0 aromatic heterocycles. The van der Waals surface area contributed by atoms with Crippen molar-refractivity contribution in [2.24, 2.45) is 0 Å². The van der Waals surface area contributed by atoms with Gasteiger partial charge in [-0.25, -0.2) is 0 Å². The van der Waals surface area contributed by atoms with Crippen LogP contribution in [0.2, 0.25) is 0 Å². The molecular weight excluding hydrogens is 422 g/mol. The number of benzene rings is 4. The van der Waals surface area contributed by atoms with Crippen molar-refractivity contribution in [3.05, 3.63) is 137 Å². The molecule has 0 aliphatic carbocycles. The van der Waals surface area contributed by atoms with Crippen LogP contribution < -0.4 is 5.32 Å². The molecule has 0 heterocycles. The smallest absolute Gasteiger partial charge is 0.0594 e. The van der Waals surface area contributed by atoms with Crippen molar-refractivity contribution in [2.75, 3.05) is 5.32 Å². The van der Waals surface area contributed by atoms with E-state index in [0.717, 1.165) is 18.5 Å². The summed E-state index contributed by atoms with van der Waals surface area (Å²) < 4.78 is 0. The molecule has 0 saturated carbocycles. The summed E-state index contributed by atoms with van der Waals surface area (Å²) in [6, 6.07) is 40.0. The third-order valence-corrected chi connectivity index (χ3v) is 7.65. The Hall–Kier alpha value is -3.32. The van der Waals surface area contributed by atoms with Crippen molar-refractivity contribution in [2.45, 2.75) is 64.3 Å². The molecular formula is C34H39N. The summed E-state index contributed by atoms with van der Waals surface area (Å²) >= 11 is 0. The van der Waals surface area contributed by atoms with E-state index in [0.29, 0.717) is 11.8 Å². The largest absolute Gasteiger partial charge is 0.376 e. The number of rotatable bonds is 10. The van der Waals surface area contributed by atoms with Crippen LogP contribution in [0.3, 0.4) is 0 Å². The molecule has 1 nitrogen and oxygen atoms in total. The highest BCUT2D eigenvalue weighted by atomic mass is 15.0. The fourth-order valence-corrected chi connectivity index (χ4v) is 4.86. The first kappa shape index (κ1) is 24.8. The second-order valence-electron chi connectivity index (χ2n) is 10.0. The van der Waals surface area contributed by atoms with Crippen LogP contribution in [0.5, 0.6) is 0 Å². The molecule has 4 rings (SSSR count). The Bertz CT molecular complexity index is 1160. The van der Waals surface area contributed by atoms with Gasteiger partial charge >= 0.3 is 0 Å². The first-order chi connectivity index (χ1) is 17.0. The number of hydrogen-bond donors (Lipinski definition) is 1. The zero-order valence-corrected chi connectivity index (χ0v) is 21.7. The average molecular weight is 462 g/mol. The Balaban J connectivity index is 1.56. The van der Waals surface area contributed by atoms with E-state index in [1.807, 2.05) is 0 Å². The van der Waals surface area contributed by atoms with Gasteiger partial charge < -0.3 is 5.32 Å². The maximum absolute atomic E-state index is 3.84. The molecule has 180 valence electrons. The lowest BCUT2D eigenvalue weighted by Gasteiger charge is -2.32. The van der Waals surface area contributed by atoms with E-state index < -0.39 is 0 Å². The van der Waals surface area contributed by atoms with Crippen molar-refractivity contribution < 1.29 is 0 Å². The zero-order valence-electron chi connectivity index (χ0n) is 21.7. The van der Waals surface area contributed by atoms with Gasteiger partial charge in [0.25, 0.3) is 0 Å². The van der Waals surface area contributed by atoms with Gasteiger partial charge in [0.15, 0.2) is 0 Å². The first-order valence-electron chi connectivity index (χ1n) is 13.1. The Morgan fingerprint density at radius 1 is 0.657 bits per heavy atom. The fraction of sp³-hybridized carbons (Fsp3) is 0.294. The normalized spacial score (nSPS) is 14.6. The second kappa shape index (κ2) is 11.4. The van der Waals surface area contributed by atoms with E-state index in [9.17, 15) is 0 Å². The lowest BCUT2D eigenvalue weighted by molar-refractivity contribution is 0.523. The molecule has 0 aliphatic heterocycles. The van der Waals surface area contributed by atoms with Crippen molar-refractivity contribution in [1.82, 2.24) is 0 Å². The maximum atomic E-state index is 3.84. The maximum Gasteiger partial charge on any atom is 0.0594 e. The van der Waals surface area contributed by atoms with Gasteiger partial charge in [-0.15, -0.1) is 0 Å². The quantitative estimate of drug-likeness (QED) is 0.248. The summed E-state index contributed by atoms with van der Waals surface area (Å²) in [6.07, 6.45) is 3.17. The monoisotopic (exact) mass is 461 g/mol. The summed E-state index contributed by atoms with van der Waals surface area (Å²) in [5.41, 5.74) is 7.88. The predicted octanol–water partition coefficient (Wildman–Crippen LogP) is 9.31. The molecule has 1 N–H and O–H groups in total. The summed E-state index contributed by atoms with van der Waals surface area (Å²) in [6.45, 7) is 9.12. The van der Waals surface area contributed by atoms with Crippen LogP contribution in [-0.2, 0) is 12.0 Å². The highest BCUT2D eigenvalue weighted by molar-refractivity contribution is 5.51. The number of anilines is 1. The SMILES string of the molecule is CCC(C)c1ccc(C(C)(CC)Nc2ccc(C(Cc3ccccc3)c3ccccc3)cc2)cc1. The van der Waals surface area contributed by atoms with Crippen LogP contribution in [0.4, 0.5) is 5.69 Å². The summed E-state index contributed by atoms with van der Waals surface area (Å²) in [7, 11) is 0. The Morgan fingerprint density at radius 3 is 1.77 bits per heavy atom. The molecule has 3 atom stereocenters.